The fraction of sp³-hybridized carbons (Fsp3) is 0.227. The van der Waals surface area contributed by atoms with Crippen molar-refractivity contribution in [2.24, 2.45) is 0 Å². The molecule has 0 spiro atoms. The van der Waals surface area contributed by atoms with E-state index in [1.807, 2.05) is 24.3 Å². The summed E-state index contributed by atoms with van der Waals surface area (Å²) in [4.78, 5) is 38.6. The number of benzene rings is 2. The largest absolute Gasteiger partial charge is 0.486 e. The van der Waals surface area contributed by atoms with Crippen LogP contribution in [0.15, 0.2) is 47.4 Å². The Morgan fingerprint density at radius 2 is 1.83 bits per heavy atom. The second-order valence-electron chi connectivity index (χ2n) is 6.77. The van der Waals surface area contributed by atoms with E-state index in [1.165, 1.54) is 5.56 Å². The molecule has 154 valence electrons. The number of nitrogens with zero attached hydrogens (tertiary/aromatic N) is 1. The number of carbonyl (C=O) groups is 3. The summed E-state index contributed by atoms with van der Waals surface area (Å²) in [5.74, 6) is 0.217. The van der Waals surface area contributed by atoms with Gasteiger partial charge in [0.15, 0.2) is 11.5 Å². The van der Waals surface area contributed by atoms with Gasteiger partial charge in [-0.05, 0) is 47.5 Å². The Morgan fingerprint density at radius 1 is 1.10 bits per heavy atom. The van der Waals surface area contributed by atoms with Crippen LogP contribution in [0.25, 0.3) is 6.08 Å². The summed E-state index contributed by atoms with van der Waals surface area (Å²) in [6.07, 6.45) is 2.60. The Kier molecular flexibility index (Phi) is 5.76. The standard InChI is InChI=1S/C22H20N2O5S/c1-2-14-3-5-15(6-4-14)11-19-21(26)24(22(27)30-19)13-20(25)23-16-7-8-17-18(12-16)29-10-9-28-17/h3-8,11-12H,2,9-10,13H2,1H3,(H,23,25). The summed E-state index contributed by atoms with van der Waals surface area (Å²) in [6, 6.07) is 12.8. The van der Waals surface area contributed by atoms with Crippen molar-refractivity contribution in [3.05, 3.63) is 58.5 Å². The number of anilines is 1. The number of nitrogens with one attached hydrogen (secondary N) is 1. The molecule has 0 aromatic heterocycles. The molecule has 0 bridgehead atoms. The number of ether oxygens (including phenoxy) is 2. The predicted octanol–water partition coefficient (Wildman–Crippen LogP) is 3.70. The molecule has 2 aromatic carbocycles. The van der Waals surface area contributed by atoms with Crippen LogP contribution in [0.4, 0.5) is 10.5 Å². The van der Waals surface area contributed by atoms with E-state index in [-0.39, 0.29) is 6.54 Å². The highest BCUT2D eigenvalue weighted by Crippen LogP contribution is 2.34. The highest BCUT2D eigenvalue weighted by molar-refractivity contribution is 8.18. The fourth-order valence-electron chi connectivity index (χ4n) is 3.10. The van der Waals surface area contributed by atoms with Crippen LogP contribution in [-0.2, 0) is 16.0 Å². The molecule has 1 fully saturated rings. The van der Waals surface area contributed by atoms with E-state index in [0.717, 1.165) is 28.6 Å². The molecule has 2 aliphatic rings. The molecule has 0 atom stereocenters. The van der Waals surface area contributed by atoms with Crippen LogP contribution in [0.1, 0.15) is 18.1 Å². The molecule has 1 N–H and O–H groups in total. The minimum atomic E-state index is -0.470. The summed E-state index contributed by atoms with van der Waals surface area (Å²) < 4.78 is 10.9. The second-order valence-corrected chi connectivity index (χ2v) is 7.76. The van der Waals surface area contributed by atoms with Crippen molar-refractivity contribution in [2.75, 3.05) is 25.1 Å². The van der Waals surface area contributed by atoms with Gasteiger partial charge in [-0.15, -0.1) is 0 Å². The Hall–Kier alpha value is -3.26. The van der Waals surface area contributed by atoms with E-state index in [2.05, 4.69) is 12.2 Å². The van der Waals surface area contributed by atoms with Gasteiger partial charge in [-0.2, -0.15) is 0 Å². The number of carbonyl (C=O) groups excluding carboxylic acids is 3. The van der Waals surface area contributed by atoms with E-state index in [1.54, 1.807) is 24.3 Å². The Bertz CT molecular complexity index is 1030. The van der Waals surface area contributed by atoms with Gasteiger partial charge in [0.25, 0.3) is 11.1 Å². The van der Waals surface area contributed by atoms with E-state index in [4.69, 9.17) is 9.47 Å². The highest BCUT2D eigenvalue weighted by Gasteiger charge is 2.36. The first kappa shape index (κ1) is 20.0. The lowest BCUT2D eigenvalue weighted by Crippen LogP contribution is -2.36. The van der Waals surface area contributed by atoms with Crippen molar-refractivity contribution >= 4 is 40.6 Å². The van der Waals surface area contributed by atoms with Gasteiger partial charge >= 0.3 is 0 Å². The molecule has 2 aliphatic heterocycles. The van der Waals surface area contributed by atoms with Gasteiger partial charge in [-0.3, -0.25) is 19.3 Å². The number of aryl methyl sites for hydroxylation is 1. The molecule has 0 aliphatic carbocycles. The lowest BCUT2D eigenvalue weighted by atomic mass is 10.1. The summed E-state index contributed by atoms with van der Waals surface area (Å²) in [5.41, 5.74) is 2.53. The SMILES string of the molecule is CCc1ccc(C=C2SC(=O)N(CC(=O)Nc3ccc4c(c3)OCCO4)C2=O)cc1. The number of hydrogen-bond donors (Lipinski definition) is 1. The van der Waals surface area contributed by atoms with E-state index >= 15 is 0 Å². The zero-order valence-corrected chi connectivity index (χ0v) is 17.2. The summed E-state index contributed by atoms with van der Waals surface area (Å²) in [5, 5.41) is 2.22. The maximum atomic E-state index is 12.6. The van der Waals surface area contributed by atoms with Crippen LogP contribution >= 0.6 is 11.8 Å². The average Bonchev–Trinajstić information content (AvgIpc) is 3.01. The van der Waals surface area contributed by atoms with E-state index < -0.39 is 17.1 Å². The smallest absolute Gasteiger partial charge is 0.294 e. The van der Waals surface area contributed by atoms with Crippen molar-refractivity contribution in [3.8, 4) is 11.5 Å². The fourth-order valence-corrected chi connectivity index (χ4v) is 3.94. The van der Waals surface area contributed by atoms with Crippen LogP contribution in [0, 0.1) is 0 Å². The number of hydrogen-bond acceptors (Lipinski definition) is 6. The van der Waals surface area contributed by atoms with Crippen LogP contribution in [-0.4, -0.2) is 41.7 Å². The number of fused-ring (bicyclic) bond motifs is 1. The Labute approximate surface area is 178 Å². The number of imide groups is 1. The Balaban J connectivity index is 1.41. The van der Waals surface area contributed by atoms with Crippen molar-refractivity contribution in [3.63, 3.8) is 0 Å². The number of thioether (sulfide) groups is 1. The summed E-state index contributed by atoms with van der Waals surface area (Å²) in [6.45, 7) is 2.63. The monoisotopic (exact) mass is 424 g/mol. The van der Waals surface area contributed by atoms with Crippen molar-refractivity contribution < 1.29 is 23.9 Å². The summed E-state index contributed by atoms with van der Waals surface area (Å²) >= 11 is 0.835. The van der Waals surface area contributed by atoms with Crippen LogP contribution < -0.4 is 14.8 Å². The maximum Gasteiger partial charge on any atom is 0.294 e. The van der Waals surface area contributed by atoms with Crippen LogP contribution in [0.2, 0.25) is 0 Å². The van der Waals surface area contributed by atoms with E-state index in [9.17, 15) is 14.4 Å². The van der Waals surface area contributed by atoms with Gasteiger partial charge < -0.3 is 14.8 Å². The van der Waals surface area contributed by atoms with Gasteiger partial charge in [0.05, 0.1) is 4.91 Å². The average molecular weight is 424 g/mol. The highest BCUT2D eigenvalue weighted by atomic mass is 32.2. The van der Waals surface area contributed by atoms with Crippen LogP contribution in [0.5, 0.6) is 11.5 Å². The second kappa shape index (κ2) is 8.62. The van der Waals surface area contributed by atoms with Gasteiger partial charge in [0.2, 0.25) is 5.91 Å². The first-order valence-corrected chi connectivity index (χ1v) is 10.4. The molecule has 2 heterocycles. The molecule has 0 saturated carbocycles. The third kappa shape index (κ3) is 4.33. The van der Waals surface area contributed by atoms with Gasteiger partial charge in [-0.1, -0.05) is 31.2 Å². The topological polar surface area (TPSA) is 84.9 Å². The molecule has 3 amide bonds. The van der Waals surface area contributed by atoms with E-state index in [0.29, 0.717) is 35.3 Å². The number of amides is 3. The lowest BCUT2D eigenvalue weighted by molar-refractivity contribution is -0.127. The lowest BCUT2D eigenvalue weighted by Gasteiger charge is -2.19. The first-order chi connectivity index (χ1) is 14.5. The molecule has 8 heteroatoms. The molecule has 2 aromatic rings. The molecular weight excluding hydrogens is 404 g/mol. The van der Waals surface area contributed by atoms with Crippen LogP contribution in [0.3, 0.4) is 0 Å². The predicted molar refractivity (Wildman–Crippen MR) is 115 cm³/mol. The molecule has 0 radical (unpaired) electrons. The molecular formula is C22H20N2O5S. The number of rotatable bonds is 5. The zero-order valence-electron chi connectivity index (χ0n) is 16.3. The molecule has 0 unspecified atom stereocenters. The molecule has 1 saturated heterocycles. The molecule has 30 heavy (non-hydrogen) atoms. The van der Waals surface area contributed by atoms with Gasteiger partial charge in [0, 0.05) is 11.8 Å². The third-order valence-corrected chi connectivity index (χ3v) is 5.59. The van der Waals surface area contributed by atoms with Crippen molar-refractivity contribution in [1.29, 1.82) is 0 Å². The van der Waals surface area contributed by atoms with Crippen molar-refractivity contribution in [1.82, 2.24) is 4.90 Å². The van der Waals surface area contributed by atoms with Gasteiger partial charge in [-0.25, -0.2) is 0 Å². The quantitative estimate of drug-likeness (QED) is 0.737. The minimum Gasteiger partial charge on any atom is -0.486 e. The Morgan fingerprint density at radius 3 is 2.57 bits per heavy atom. The molecule has 7 nitrogen and oxygen atoms in total. The zero-order chi connectivity index (χ0) is 21.1. The molecule has 4 rings (SSSR count). The van der Waals surface area contributed by atoms with Crippen molar-refractivity contribution in [2.45, 2.75) is 13.3 Å². The minimum absolute atomic E-state index is 0.302. The summed E-state index contributed by atoms with van der Waals surface area (Å²) in [7, 11) is 0. The normalized spacial score (nSPS) is 16.8. The first-order valence-electron chi connectivity index (χ1n) is 9.57. The maximum absolute atomic E-state index is 12.6. The third-order valence-electron chi connectivity index (χ3n) is 4.69. The van der Waals surface area contributed by atoms with Gasteiger partial charge in [0.1, 0.15) is 19.8 Å².